The molecule has 2 unspecified atom stereocenters. The van der Waals surface area contributed by atoms with Gasteiger partial charge in [-0.1, -0.05) is 43.7 Å². The van der Waals surface area contributed by atoms with E-state index < -0.39 is 0 Å². The first-order valence-electron chi connectivity index (χ1n) is 10.2. The number of nitrogens with zero attached hydrogens (tertiary/aromatic N) is 2. The lowest BCUT2D eigenvalue weighted by molar-refractivity contribution is 0.0722. The minimum absolute atomic E-state index is 0.417. The maximum Gasteiger partial charge on any atom is 0.193 e. The summed E-state index contributed by atoms with van der Waals surface area (Å²) in [5.74, 6) is 2.37. The third-order valence-electron chi connectivity index (χ3n) is 6.52. The molecule has 1 aliphatic heterocycles. The molecular weight excluding hydrogens is 322 g/mol. The zero-order chi connectivity index (χ0) is 18.4. The molecule has 0 radical (unpaired) electrons. The maximum absolute atomic E-state index is 5.32. The largest absolute Gasteiger partial charge is 0.385 e. The van der Waals surface area contributed by atoms with Crippen LogP contribution >= 0.6 is 0 Å². The first-order chi connectivity index (χ1) is 12.7. The van der Waals surface area contributed by atoms with Crippen molar-refractivity contribution in [2.75, 3.05) is 40.4 Å². The molecule has 4 heteroatoms. The van der Waals surface area contributed by atoms with Gasteiger partial charge in [0.1, 0.15) is 0 Å². The Morgan fingerprint density at radius 1 is 1.31 bits per heavy atom. The fourth-order valence-corrected chi connectivity index (χ4v) is 4.64. The van der Waals surface area contributed by atoms with Gasteiger partial charge in [-0.05, 0) is 48.5 Å². The van der Waals surface area contributed by atoms with Gasteiger partial charge in [-0.2, -0.15) is 0 Å². The predicted molar refractivity (Wildman–Crippen MR) is 109 cm³/mol. The van der Waals surface area contributed by atoms with E-state index >= 15 is 0 Å². The van der Waals surface area contributed by atoms with Gasteiger partial charge in [-0.3, -0.25) is 4.99 Å². The number of piperidine rings is 1. The zero-order valence-corrected chi connectivity index (χ0v) is 16.7. The Morgan fingerprint density at radius 2 is 2.08 bits per heavy atom. The Labute approximate surface area is 159 Å². The summed E-state index contributed by atoms with van der Waals surface area (Å²) >= 11 is 0. The molecule has 26 heavy (non-hydrogen) atoms. The lowest BCUT2D eigenvalue weighted by Crippen LogP contribution is -2.51. The Morgan fingerprint density at radius 3 is 2.65 bits per heavy atom. The van der Waals surface area contributed by atoms with Gasteiger partial charge in [0.2, 0.25) is 0 Å². The fraction of sp³-hybridized carbons (Fsp3) is 0.682. The van der Waals surface area contributed by atoms with Crippen LogP contribution in [-0.4, -0.2) is 51.3 Å². The zero-order valence-electron chi connectivity index (χ0n) is 16.7. The van der Waals surface area contributed by atoms with Crippen molar-refractivity contribution in [2.45, 2.75) is 44.9 Å². The minimum atomic E-state index is 0.417. The Kier molecular flexibility index (Phi) is 6.58. The third kappa shape index (κ3) is 4.40. The molecule has 2 fully saturated rings. The normalized spacial score (nSPS) is 25.7. The number of nitrogens with one attached hydrogen (secondary N) is 1. The Hall–Kier alpha value is -1.55. The van der Waals surface area contributed by atoms with Crippen molar-refractivity contribution in [3.05, 3.63) is 35.9 Å². The van der Waals surface area contributed by atoms with Gasteiger partial charge in [0.25, 0.3) is 0 Å². The van der Waals surface area contributed by atoms with Crippen molar-refractivity contribution < 1.29 is 4.74 Å². The van der Waals surface area contributed by atoms with Crippen molar-refractivity contribution in [2.24, 2.45) is 16.3 Å². The molecule has 0 aromatic heterocycles. The third-order valence-corrected chi connectivity index (χ3v) is 6.52. The van der Waals surface area contributed by atoms with Gasteiger partial charge in [-0.15, -0.1) is 0 Å². The number of likely N-dealkylation sites (tertiary alicyclic amines) is 1. The first kappa shape index (κ1) is 19.2. The number of methoxy groups -OCH3 is 1. The van der Waals surface area contributed by atoms with Gasteiger partial charge in [0.15, 0.2) is 5.96 Å². The van der Waals surface area contributed by atoms with Crippen LogP contribution < -0.4 is 5.32 Å². The lowest BCUT2D eigenvalue weighted by atomic mass is 9.67. The quantitative estimate of drug-likeness (QED) is 0.620. The summed E-state index contributed by atoms with van der Waals surface area (Å²) in [5.41, 5.74) is 1.90. The highest BCUT2D eigenvalue weighted by Gasteiger charge is 2.37. The summed E-state index contributed by atoms with van der Waals surface area (Å²) in [4.78, 5) is 7.04. The molecule has 0 amide bonds. The van der Waals surface area contributed by atoms with Crippen LogP contribution in [0.4, 0.5) is 0 Å². The molecule has 4 nitrogen and oxygen atoms in total. The van der Waals surface area contributed by atoms with Crippen LogP contribution in [0.2, 0.25) is 0 Å². The van der Waals surface area contributed by atoms with Crippen LogP contribution in [0.1, 0.15) is 50.5 Å². The molecule has 2 atom stereocenters. The van der Waals surface area contributed by atoms with Gasteiger partial charge in [0, 0.05) is 40.4 Å². The average Bonchev–Trinajstić information content (AvgIpc) is 2.64. The van der Waals surface area contributed by atoms with Gasteiger partial charge >= 0.3 is 0 Å². The molecule has 1 aromatic carbocycles. The smallest absolute Gasteiger partial charge is 0.193 e. The van der Waals surface area contributed by atoms with E-state index in [1.807, 2.05) is 7.05 Å². The van der Waals surface area contributed by atoms with Crippen molar-refractivity contribution in [1.82, 2.24) is 10.2 Å². The highest BCUT2D eigenvalue weighted by molar-refractivity contribution is 5.80. The van der Waals surface area contributed by atoms with E-state index in [4.69, 9.17) is 4.74 Å². The highest BCUT2D eigenvalue weighted by Crippen LogP contribution is 2.43. The number of ether oxygens (including phenoxy) is 1. The summed E-state index contributed by atoms with van der Waals surface area (Å²) in [6, 6.07) is 11.0. The summed E-state index contributed by atoms with van der Waals surface area (Å²) in [7, 11) is 3.72. The predicted octanol–water partition coefficient (Wildman–Crippen LogP) is 3.89. The molecule has 3 rings (SSSR count). The first-order valence-corrected chi connectivity index (χ1v) is 10.2. The van der Waals surface area contributed by atoms with E-state index in [0.29, 0.717) is 17.3 Å². The van der Waals surface area contributed by atoms with E-state index in [1.54, 1.807) is 7.11 Å². The van der Waals surface area contributed by atoms with Crippen LogP contribution in [0.25, 0.3) is 0 Å². The van der Waals surface area contributed by atoms with Crippen molar-refractivity contribution in [3.63, 3.8) is 0 Å². The van der Waals surface area contributed by atoms with Crippen molar-refractivity contribution in [3.8, 4) is 0 Å². The number of hydrogen-bond donors (Lipinski definition) is 1. The summed E-state index contributed by atoms with van der Waals surface area (Å²) in [5, 5.41) is 3.69. The molecular formula is C22H35N3O. The average molecular weight is 358 g/mol. The molecule has 1 heterocycles. The second-order valence-corrected chi connectivity index (χ2v) is 8.23. The van der Waals surface area contributed by atoms with Crippen LogP contribution in [0.5, 0.6) is 0 Å². The summed E-state index contributed by atoms with van der Waals surface area (Å²) < 4.78 is 5.32. The fourth-order valence-electron chi connectivity index (χ4n) is 4.64. The lowest BCUT2D eigenvalue weighted by Gasteiger charge is -2.44. The molecule has 1 saturated carbocycles. The molecule has 0 spiro atoms. The number of hydrogen-bond acceptors (Lipinski definition) is 2. The van der Waals surface area contributed by atoms with Crippen LogP contribution in [0.15, 0.2) is 35.3 Å². The molecule has 1 N–H and O–H groups in total. The summed E-state index contributed by atoms with van der Waals surface area (Å²) in [6.45, 7) is 6.41. The van der Waals surface area contributed by atoms with E-state index in [0.717, 1.165) is 38.6 Å². The minimum Gasteiger partial charge on any atom is -0.385 e. The van der Waals surface area contributed by atoms with E-state index in [2.05, 4.69) is 52.5 Å². The van der Waals surface area contributed by atoms with Crippen LogP contribution in [0, 0.1) is 11.3 Å². The van der Waals surface area contributed by atoms with Crippen molar-refractivity contribution in [1.29, 1.82) is 0 Å². The molecule has 0 bridgehead atoms. The topological polar surface area (TPSA) is 36.9 Å². The van der Waals surface area contributed by atoms with Gasteiger partial charge in [0.05, 0.1) is 0 Å². The molecule has 1 saturated heterocycles. The summed E-state index contributed by atoms with van der Waals surface area (Å²) in [6.07, 6.45) is 6.32. The Balaban J connectivity index is 1.55. The van der Waals surface area contributed by atoms with Crippen LogP contribution in [-0.2, 0) is 4.74 Å². The molecule has 1 aromatic rings. The van der Waals surface area contributed by atoms with E-state index in [9.17, 15) is 0 Å². The number of guanidine groups is 1. The number of benzene rings is 1. The van der Waals surface area contributed by atoms with Gasteiger partial charge in [-0.25, -0.2) is 0 Å². The molecule has 1 aliphatic carbocycles. The second-order valence-electron chi connectivity index (χ2n) is 8.23. The maximum atomic E-state index is 5.32. The molecule has 144 valence electrons. The van der Waals surface area contributed by atoms with E-state index in [-0.39, 0.29) is 0 Å². The Bertz CT molecular complexity index is 582. The number of rotatable bonds is 6. The number of aliphatic imine (C=N–C) groups is 1. The van der Waals surface area contributed by atoms with E-state index in [1.165, 1.54) is 31.2 Å². The molecule has 2 aliphatic rings. The van der Waals surface area contributed by atoms with Gasteiger partial charge < -0.3 is 15.0 Å². The SMILES string of the molecule is CN=C(NCC1(CCOC)CCC1)N1CCC(c2ccccc2)C(C)C1. The monoisotopic (exact) mass is 357 g/mol. The standard InChI is InChI=1S/C22H35N3O/c1-18-16-25(14-10-20(18)19-8-5-4-6-9-19)21(23-2)24-17-22(11-7-12-22)13-15-26-3/h4-6,8-9,18,20H,7,10-17H2,1-3H3,(H,23,24). The van der Waals surface area contributed by atoms with Crippen molar-refractivity contribution >= 4 is 5.96 Å². The second kappa shape index (κ2) is 8.90. The van der Waals surface area contributed by atoms with Crippen LogP contribution in [0.3, 0.4) is 0 Å². The highest BCUT2D eigenvalue weighted by atomic mass is 16.5.